The number of amides is 2. The first kappa shape index (κ1) is 14.2. The largest absolute Gasteiger partial charge is 0.481 e. The van der Waals surface area contributed by atoms with E-state index in [4.69, 9.17) is 5.11 Å². The lowest BCUT2D eigenvalue weighted by atomic mass is 9.87. The standard InChI is InChI=1S/C14H24N2O3/c1-14(2)6-3-4-11(14)15-13(19)16-7-5-10(9-16)8-12(17)18/h10-11H,3-9H2,1-2H3,(H,15,19)(H,17,18). The van der Waals surface area contributed by atoms with Crippen LogP contribution in [-0.2, 0) is 4.79 Å². The number of urea groups is 1. The summed E-state index contributed by atoms with van der Waals surface area (Å²) in [5.41, 5.74) is 0.176. The molecule has 2 aliphatic rings. The minimum atomic E-state index is -0.774. The number of nitrogens with zero attached hydrogens (tertiary/aromatic N) is 1. The molecule has 2 fully saturated rings. The maximum atomic E-state index is 12.2. The van der Waals surface area contributed by atoms with Gasteiger partial charge in [-0.25, -0.2) is 4.79 Å². The number of likely N-dealkylation sites (tertiary alicyclic amines) is 1. The van der Waals surface area contributed by atoms with E-state index in [0.717, 1.165) is 19.3 Å². The minimum Gasteiger partial charge on any atom is -0.481 e. The van der Waals surface area contributed by atoms with E-state index in [1.165, 1.54) is 6.42 Å². The summed E-state index contributed by atoms with van der Waals surface area (Å²) in [4.78, 5) is 24.6. The van der Waals surface area contributed by atoms with E-state index in [2.05, 4.69) is 19.2 Å². The van der Waals surface area contributed by atoms with E-state index < -0.39 is 5.97 Å². The second-order valence-electron chi connectivity index (χ2n) is 6.58. The van der Waals surface area contributed by atoms with Crippen molar-refractivity contribution in [3.05, 3.63) is 0 Å². The van der Waals surface area contributed by atoms with Crippen molar-refractivity contribution in [1.29, 1.82) is 0 Å². The Morgan fingerprint density at radius 2 is 2.11 bits per heavy atom. The smallest absolute Gasteiger partial charge is 0.317 e. The van der Waals surface area contributed by atoms with E-state index in [0.29, 0.717) is 13.1 Å². The lowest BCUT2D eigenvalue weighted by molar-refractivity contribution is -0.138. The van der Waals surface area contributed by atoms with Gasteiger partial charge in [0.15, 0.2) is 0 Å². The highest BCUT2D eigenvalue weighted by Gasteiger charge is 2.37. The van der Waals surface area contributed by atoms with E-state index >= 15 is 0 Å². The van der Waals surface area contributed by atoms with Crippen molar-refractivity contribution in [2.75, 3.05) is 13.1 Å². The summed E-state index contributed by atoms with van der Waals surface area (Å²) in [6, 6.07) is 0.228. The van der Waals surface area contributed by atoms with Gasteiger partial charge in [-0.3, -0.25) is 4.79 Å². The molecule has 5 nitrogen and oxygen atoms in total. The van der Waals surface area contributed by atoms with Crippen LogP contribution in [0.1, 0.15) is 46.0 Å². The Morgan fingerprint density at radius 3 is 2.68 bits per heavy atom. The molecule has 0 spiro atoms. The number of rotatable bonds is 3. The summed E-state index contributed by atoms with van der Waals surface area (Å²) in [6.07, 6.45) is 4.33. The fraction of sp³-hybridized carbons (Fsp3) is 0.857. The molecule has 2 rings (SSSR count). The summed E-state index contributed by atoms with van der Waals surface area (Å²) >= 11 is 0. The normalized spacial score (nSPS) is 29.5. The molecule has 1 saturated heterocycles. The molecule has 108 valence electrons. The van der Waals surface area contributed by atoms with Gasteiger partial charge in [0, 0.05) is 25.6 Å². The first-order valence-electron chi connectivity index (χ1n) is 7.16. The van der Waals surface area contributed by atoms with Gasteiger partial charge in [-0.1, -0.05) is 20.3 Å². The Balaban J connectivity index is 1.83. The van der Waals surface area contributed by atoms with E-state index in [1.54, 1.807) is 4.90 Å². The summed E-state index contributed by atoms with van der Waals surface area (Å²) in [5, 5.41) is 11.9. The number of carboxylic acid groups (broad SMARTS) is 1. The number of hydrogen-bond donors (Lipinski definition) is 2. The number of carbonyl (C=O) groups is 2. The number of nitrogens with one attached hydrogen (secondary N) is 1. The highest BCUT2D eigenvalue weighted by molar-refractivity contribution is 5.75. The molecule has 0 aromatic carbocycles. The van der Waals surface area contributed by atoms with Gasteiger partial charge in [-0.15, -0.1) is 0 Å². The molecule has 2 amide bonds. The van der Waals surface area contributed by atoms with Crippen LogP contribution in [0.15, 0.2) is 0 Å². The van der Waals surface area contributed by atoms with Crippen LogP contribution in [-0.4, -0.2) is 41.1 Å². The van der Waals surface area contributed by atoms with E-state index in [-0.39, 0.29) is 29.8 Å². The van der Waals surface area contributed by atoms with Crippen molar-refractivity contribution in [3.63, 3.8) is 0 Å². The summed E-state index contributed by atoms with van der Waals surface area (Å²) in [5.74, 6) is -0.663. The molecule has 1 saturated carbocycles. The van der Waals surface area contributed by atoms with Crippen LogP contribution in [0.4, 0.5) is 4.79 Å². The lowest BCUT2D eigenvalue weighted by Crippen LogP contribution is -2.47. The van der Waals surface area contributed by atoms with Crippen LogP contribution in [0, 0.1) is 11.3 Å². The van der Waals surface area contributed by atoms with Crippen LogP contribution < -0.4 is 5.32 Å². The van der Waals surface area contributed by atoms with Crippen LogP contribution in [0.5, 0.6) is 0 Å². The molecular formula is C14H24N2O3. The van der Waals surface area contributed by atoms with Crippen molar-refractivity contribution >= 4 is 12.0 Å². The van der Waals surface area contributed by atoms with Gasteiger partial charge >= 0.3 is 12.0 Å². The molecule has 1 heterocycles. The van der Waals surface area contributed by atoms with Crippen molar-refractivity contribution in [2.45, 2.75) is 52.0 Å². The predicted molar refractivity (Wildman–Crippen MR) is 71.9 cm³/mol. The maximum absolute atomic E-state index is 12.2. The Morgan fingerprint density at radius 1 is 1.37 bits per heavy atom. The third kappa shape index (κ3) is 3.39. The first-order valence-corrected chi connectivity index (χ1v) is 7.16. The molecule has 2 unspecified atom stereocenters. The molecule has 19 heavy (non-hydrogen) atoms. The molecular weight excluding hydrogens is 244 g/mol. The third-order valence-electron chi connectivity index (χ3n) is 4.59. The Labute approximate surface area is 114 Å². The fourth-order valence-electron chi connectivity index (χ4n) is 3.27. The molecule has 2 N–H and O–H groups in total. The quantitative estimate of drug-likeness (QED) is 0.823. The molecule has 1 aliphatic carbocycles. The van der Waals surface area contributed by atoms with Gasteiger partial charge in [0.1, 0.15) is 0 Å². The average molecular weight is 268 g/mol. The number of carbonyl (C=O) groups excluding carboxylic acids is 1. The summed E-state index contributed by atoms with van der Waals surface area (Å²) in [6.45, 7) is 5.65. The Hall–Kier alpha value is -1.26. The molecule has 0 radical (unpaired) electrons. The third-order valence-corrected chi connectivity index (χ3v) is 4.59. The van der Waals surface area contributed by atoms with Gasteiger partial charge in [0.2, 0.25) is 0 Å². The number of carboxylic acids is 1. The van der Waals surface area contributed by atoms with E-state index in [9.17, 15) is 9.59 Å². The van der Waals surface area contributed by atoms with Crippen molar-refractivity contribution in [3.8, 4) is 0 Å². The lowest BCUT2D eigenvalue weighted by Gasteiger charge is -2.29. The molecule has 0 aromatic rings. The zero-order valence-electron chi connectivity index (χ0n) is 11.8. The zero-order chi connectivity index (χ0) is 14.0. The van der Waals surface area contributed by atoms with Gasteiger partial charge in [-0.05, 0) is 30.6 Å². The van der Waals surface area contributed by atoms with Crippen LogP contribution in [0.25, 0.3) is 0 Å². The summed E-state index contributed by atoms with van der Waals surface area (Å²) < 4.78 is 0. The molecule has 1 aliphatic heterocycles. The molecule has 0 aromatic heterocycles. The Kier molecular flexibility index (Phi) is 4.02. The highest BCUT2D eigenvalue weighted by atomic mass is 16.4. The van der Waals surface area contributed by atoms with Gasteiger partial charge in [-0.2, -0.15) is 0 Å². The number of aliphatic carboxylic acids is 1. The fourth-order valence-corrected chi connectivity index (χ4v) is 3.27. The Bertz CT molecular complexity index is 368. The number of hydrogen-bond acceptors (Lipinski definition) is 2. The van der Waals surface area contributed by atoms with Gasteiger partial charge in [0.25, 0.3) is 0 Å². The van der Waals surface area contributed by atoms with Gasteiger partial charge in [0.05, 0.1) is 0 Å². The first-order chi connectivity index (χ1) is 8.88. The van der Waals surface area contributed by atoms with Crippen LogP contribution >= 0.6 is 0 Å². The molecule has 0 bridgehead atoms. The molecule has 2 atom stereocenters. The van der Waals surface area contributed by atoms with Gasteiger partial charge < -0.3 is 15.3 Å². The minimum absolute atomic E-state index is 0.0205. The van der Waals surface area contributed by atoms with Crippen LogP contribution in [0.2, 0.25) is 0 Å². The zero-order valence-corrected chi connectivity index (χ0v) is 11.8. The topological polar surface area (TPSA) is 69.6 Å². The van der Waals surface area contributed by atoms with Crippen molar-refractivity contribution < 1.29 is 14.7 Å². The van der Waals surface area contributed by atoms with E-state index in [1.807, 2.05) is 0 Å². The second kappa shape index (κ2) is 5.39. The van der Waals surface area contributed by atoms with Crippen molar-refractivity contribution in [2.24, 2.45) is 11.3 Å². The highest BCUT2D eigenvalue weighted by Crippen LogP contribution is 2.37. The summed E-state index contributed by atoms with van der Waals surface area (Å²) in [7, 11) is 0. The predicted octanol–water partition coefficient (Wildman–Crippen LogP) is 2.07. The molecule has 5 heteroatoms. The monoisotopic (exact) mass is 268 g/mol. The second-order valence-corrected chi connectivity index (χ2v) is 6.58. The average Bonchev–Trinajstić information content (AvgIpc) is 2.86. The SMILES string of the molecule is CC1(C)CCCC1NC(=O)N1CCC(CC(=O)O)C1. The van der Waals surface area contributed by atoms with Crippen molar-refractivity contribution in [1.82, 2.24) is 10.2 Å². The maximum Gasteiger partial charge on any atom is 0.317 e. The van der Waals surface area contributed by atoms with Crippen LogP contribution in [0.3, 0.4) is 0 Å².